The fourth-order valence-corrected chi connectivity index (χ4v) is 6.74. The van der Waals surface area contributed by atoms with Crippen LogP contribution in [-0.4, -0.2) is 59.3 Å². The van der Waals surface area contributed by atoms with E-state index in [1.807, 2.05) is 46.4 Å². The van der Waals surface area contributed by atoms with Crippen LogP contribution in [0.5, 0.6) is 0 Å². The molecule has 198 valence electrons. The number of hydrogen-bond acceptors (Lipinski definition) is 8. The van der Waals surface area contributed by atoms with E-state index >= 15 is 0 Å². The van der Waals surface area contributed by atoms with E-state index in [1.54, 1.807) is 12.5 Å². The Balaban J connectivity index is 1.13. The van der Waals surface area contributed by atoms with Gasteiger partial charge < -0.3 is 5.32 Å². The van der Waals surface area contributed by atoms with E-state index in [-0.39, 0.29) is 5.91 Å². The molecule has 4 aliphatic rings. The number of hydrazine groups is 1. The Morgan fingerprint density at radius 2 is 1.90 bits per heavy atom. The molecule has 10 nitrogen and oxygen atoms in total. The summed E-state index contributed by atoms with van der Waals surface area (Å²) in [7, 11) is -3.28. The zero-order chi connectivity index (χ0) is 26.8. The quantitative estimate of drug-likeness (QED) is 0.523. The lowest BCUT2D eigenvalue weighted by atomic mass is 9.73. The van der Waals surface area contributed by atoms with Crippen LogP contribution in [0.1, 0.15) is 29.5 Å². The van der Waals surface area contributed by atoms with E-state index in [0.717, 1.165) is 44.8 Å². The van der Waals surface area contributed by atoms with E-state index in [9.17, 15) is 13.2 Å². The normalized spacial score (nSPS) is 20.0. The van der Waals surface area contributed by atoms with Crippen molar-refractivity contribution in [3.8, 4) is 0 Å². The molecule has 1 fully saturated rings. The number of anilines is 1. The zero-order valence-electron chi connectivity index (χ0n) is 21.3. The van der Waals surface area contributed by atoms with Gasteiger partial charge in [0.05, 0.1) is 29.4 Å². The van der Waals surface area contributed by atoms with Gasteiger partial charge in [0.1, 0.15) is 12.2 Å². The summed E-state index contributed by atoms with van der Waals surface area (Å²) in [6.45, 7) is 1.28. The molecule has 0 saturated carbocycles. The number of aromatic nitrogens is 1. The van der Waals surface area contributed by atoms with Crippen LogP contribution in [0, 0.1) is 0 Å². The van der Waals surface area contributed by atoms with Gasteiger partial charge in [-0.3, -0.25) is 15.2 Å². The molecule has 7 rings (SSSR count). The topological polar surface area (TPSA) is 110 Å². The number of carbonyl (C=O) groups is 1. The average molecular weight is 542 g/mol. The number of benzene rings is 2. The predicted molar refractivity (Wildman–Crippen MR) is 149 cm³/mol. The van der Waals surface area contributed by atoms with Crippen molar-refractivity contribution in [1.82, 2.24) is 24.7 Å². The van der Waals surface area contributed by atoms with Crippen molar-refractivity contribution in [2.24, 2.45) is 5.10 Å². The van der Waals surface area contributed by atoms with Gasteiger partial charge in [-0.2, -0.15) is 5.10 Å². The van der Waals surface area contributed by atoms with Gasteiger partial charge in [0, 0.05) is 30.4 Å². The molecular formula is C28H27N7O3S. The van der Waals surface area contributed by atoms with Crippen LogP contribution in [0.4, 0.5) is 5.69 Å². The summed E-state index contributed by atoms with van der Waals surface area (Å²) in [6, 6.07) is 16.2. The molecule has 1 spiro atoms. The highest BCUT2D eigenvalue weighted by Gasteiger charge is 2.49. The molecule has 1 aromatic heterocycles. The van der Waals surface area contributed by atoms with Gasteiger partial charge in [0.2, 0.25) is 15.9 Å². The Morgan fingerprint density at radius 1 is 1.05 bits per heavy atom. The summed E-state index contributed by atoms with van der Waals surface area (Å²) >= 11 is 0. The summed E-state index contributed by atoms with van der Waals surface area (Å²) in [6.07, 6.45) is 9.72. The number of hydrazone groups is 1. The second-order valence-corrected chi connectivity index (χ2v) is 12.3. The molecule has 0 bridgehead atoms. The monoisotopic (exact) mass is 541 g/mol. The van der Waals surface area contributed by atoms with Crippen LogP contribution in [0.15, 0.2) is 77.8 Å². The van der Waals surface area contributed by atoms with Crippen molar-refractivity contribution in [2.75, 3.05) is 24.7 Å². The highest BCUT2D eigenvalue weighted by molar-refractivity contribution is 7.88. The molecule has 3 aromatic rings. The molecule has 1 saturated heterocycles. The predicted octanol–water partition coefficient (Wildman–Crippen LogP) is 2.94. The van der Waals surface area contributed by atoms with Crippen molar-refractivity contribution < 1.29 is 13.2 Å². The van der Waals surface area contributed by atoms with E-state index < -0.39 is 15.4 Å². The number of piperidine rings is 1. The van der Waals surface area contributed by atoms with E-state index in [1.165, 1.54) is 10.6 Å². The molecule has 0 atom stereocenters. The van der Waals surface area contributed by atoms with Gasteiger partial charge in [-0.1, -0.05) is 18.2 Å². The maximum Gasteiger partial charge on any atom is 0.235 e. The lowest BCUT2D eigenvalue weighted by Crippen LogP contribution is -2.48. The number of rotatable bonds is 4. The van der Waals surface area contributed by atoms with Crippen LogP contribution < -0.4 is 10.7 Å². The number of amides is 1. The zero-order valence-corrected chi connectivity index (χ0v) is 22.1. The Labute approximate surface area is 226 Å². The molecule has 0 radical (unpaired) electrons. The van der Waals surface area contributed by atoms with Crippen LogP contribution in [0.25, 0.3) is 16.6 Å². The Kier molecular flexibility index (Phi) is 5.29. The lowest BCUT2D eigenvalue weighted by Gasteiger charge is -2.37. The van der Waals surface area contributed by atoms with Crippen molar-refractivity contribution in [2.45, 2.75) is 24.8 Å². The number of sulfonamides is 1. The average Bonchev–Trinajstić information content (AvgIpc) is 3.45. The molecule has 39 heavy (non-hydrogen) atoms. The molecular weight excluding hydrogens is 514 g/mol. The van der Waals surface area contributed by atoms with Crippen molar-refractivity contribution in [1.29, 1.82) is 0 Å². The minimum atomic E-state index is -3.28. The van der Waals surface area contributed by atoms with Crippen molar-refractivity contribution in [3.63, 3.8) is 0 Å². The van der Waals surface area contributed by atoms with Gasteiger partial charge >= 0.3 is 0 Å². The fraction of sp³-hybridized carbons (Fsp3) is 0.250. The second kappa shape index (κ2) is 8.65. The second-order valence-electron chi connectivity index (χ2n) is 10.4. The first-order valence-electron chi connectivity index (χ1n) is 12.8. The third-order valence-electron chi connectivity index (χ3n) is 8.03. The molecule has 5 heterocycles. The first-order chi connectivity index (χ1) is 18.8. The van der Waals surface area contributed by atoms with Crippen LogP contribution in [-0.2, 0) is 26.8 Å². The summed E-state index contributed by atoms with van der Waals surface area (Å²) < 4.78 is 25.5. The van der Waals surface area contributed by atoms with Crippen LogP contribution >= 0.6 is 0 Å². The summed E-state index contributed by atoms with van der Waals surface area (Å²) in [5.74, 6) is 0.856. The SMILES string of the molecule is CS(=O)(=O)N1CCC2(CC1)C(=O)Nc1ccc(C3=CC=C4N(Cc5ccc6ncccc6c5)N=CN4N3)cc12. The third kappa shape index (κ3) is 3.96. The highest BCUT2D eigenvalue weighted by atomic mass is 32.2. The van der Waals surface area contributed by atoms with Crippen LogP contribution in [0.3, 0.4) is 0 Å². The fourth-order valence-electron chi connectivity index (χ4n) is 5.89. The van der Waals surface area contributed by atoms with Crippen LogP contribution in [0.2, 0.25) is 0 Å². The summed E-state index contributed by atoms with van der Waals surface area (Å²) in [5, 5.41) is 12.5. The Morgan fingerprint density at radius 3 is 2.72 bits per heavy atom. The molecule has 0 unspecified atom stereocenters. The molecule has 2 N–H and O–H groups in total. The Hall–Kier alpha value is -4.22. The molecule has 4 aliphatic heterocycles. The first kappa shape index (κ1) is 23.9. The molecule has 0 aliphatic carbocycles. The Bertz CT molecular complexity index is 1720. The number of carbonyl (C=O) groups excluding carboxylic acids is 1. The van der Waals surface area contributed by atoms with Gasteiger partial charge in [0.25, 0.3) is 0 Å². The van der Waals surface area contributed by atoms with E-state index in [2.05, 4.69) is 45.1 Å². The first-order valence-corrected chi connectivity index (χ1v) is 14.7. The highest BCUT2D eigenvalue weighted by Crippen LogP contribution is 2.46. The van der Waals surface area contributed by atoms with Gasteiger partial charge in [-0.15, -0.1) is 0 Å². The molecule has 11 heteroatoms. The molecule has 1 amide bonds. The number of fused-ring (bicyclic) bond motifs is 4. The van der Waals surface area contributed by atoms with E-state index in [4.69, 9.17) is 0 Å². The minimum absolute atomic E-state index is 0.0534. The third-order valence-corrected chi connectivity index (χ3v) is 9.33. The maximum absolute atomic E-state index is 13.1. The largest absolute Gasteiger partial charge is 0.325 e. The number of pyridine rings is 1. The number of nitrogens with one attached hydrogen (secondary N) is 2. The van der Waals surface area contributed by atoms with Gasteiger partial charge in [-0.05, 0) is 72.0 Å². The van der Waals surface area contributed by atoms with Gasteiger partial charge in [-0.25, -0.2) is 22.7 Å². The van der Waals surface area contributed by atoms with Gasteiger partial charge in [0.15, 0.2) is 0 Å². The smallest absolute Gasteiger partial charge is 0.235 e. The standard InChI is InChI=1S/C28H27N7O3S/c1-39(37,38)33-13-10-28(11-14-33)22-16-21(5-7-25(22)31-27(28)36)24-8-9-26-34(30-18-35(26)32-24)17-19-4-6-23-20(15-19)3-2-12-29-23/h2-9,12,15-16,18,32H,10-11,13-14,17H2,1H3,(H,31,36). The lowest BCUT2D eigenvalue weighted by molar-refractivity contribution is -0.122. The summed E-state index contributed by atoms with van der Waals surface area (Å²) in [5.41, 5.74) is 8.36. The minimum Gasteiger partial charge on any atom is -0.325 e. The maximum atomic E-state index is 13.1. The van der Waals surface area contributed by atoms with E-state index in [0.29, 0.717) is 32.5 Å². The number of hydrogen-bond donors (Lipinski definition) is 2. The summed E-state index contributed by atoms with van der Waals surface area (Å²) in [4.78, 5) is 17.5. The number of nitrogens with zero attached hydrogens (tertiary/aromatic N) is 5. The molecule has 2 aromatic carbocycles. The number of allylic oxidation sites excluding steroid dienone is 2. The van der Waals surface area contributed by atoms with Crippen molar-refractivity contribution >= 4 is 44.6 Å². The van der Waals surface area contributed by atoms with Crippen molar-refractivity contribution in [3.05, 3.63) is 89.4 Å².